The smallest absolute Gasteiger partial charge is 0.119 e. The summed E-state index contributed by atoms with van der Waals surface area (Å²) in [4.78, 5) is 0. The van der Waals surface area contributed by atoms with Gasteiger partial charge in [-0.3, -0.25) is 0 Å². The molecule has 0 spiro atoms. The van der Waals surface area contributed by atoms with Gasteiger partial charge < -0.3 is 9.84 Å². The maximum atomic E-state index is 10.0. The van der Waals surface area contributed by atoms with E-state index in [0.29, 0.717) is 0 Å². The summed E-state index contributed by atoms with van der Waals surface area (Å²) < 4.78 is 5.61. The largest absolute Gasteiger partial charge is 0.491 e. The Kier molecular flexibility index (Phi) is 4.83. The Morgan fingerprint density at radius 1 is 1.16 bits per heavy atom. The predicted octanol–water partition coefficient (Wildman–Crippen LogP) is 4.01. The summed E-state index contributed by atoms with van der Waals surface area (Å²) in [6.45, 7) is 2.28. The predicted molar refractivity (Wildman–Crippen MR) is 77.7 cm³/mol. The molecule has 0 aliphatic carbocycles. The van der Waals surface area contributed by atoms with E-state index in [2.05, 4.69) is 0 Å². The third-order valence-electron chi connectivity index (χ3n) is 2.99. The fourth-order valence-corrected chi connectivity index (χ4v) is 2.11. The summed E-state index contributed by atoms with van der Waals surface area (Å²) >= 11 is 6.05. The van der Waals surface area contributed by atoms with Crippen LogP contribution in [0.3, 0.4) is 0 Å². The average molecular weight is 277 g/mol. The van der Waals surface area contributed by atoms with Crippen molar-refractivity contribution in [2.24, 2.45) is 0 Å². The van der Waals surface area contributed by atoms with Crippen molar-refractivity contribution < 1.29 is 9.84 Å². The summed E-state index contributed by atoms with van der Waals surface area (Å²) in [6.07, 6.45) is 0.235. The van der Waals surface area contributed by atoms with Gasteiger partial charge in [0.05, 0.1) is 0 Å². The summed E-state index contributed by atoms with van der Waals surface area (Å²) in [7, 11) is 0. The van der Waals surface area contributed by atoms with Crippen molar-refractivity contribution in [3.05, 3.63) is 64.7 Å². The van der Waals surface area contributed by atoms with Gasteiger partial charge in [0.15, 0.2) is 0 Å². The molecule has 0 aliphatic heterocycles. The Balaban J connectivity index is 1.99. The SMILES string of the molecule is CCc1cc(OCC(O)c2ccccc2)ccc1Cl. The van der Waals surface area contributed by atoms with Gasteiger partial charge in [-0.25, -0.2) is 0 Å². The van der Waals surface area contributed by atoms with Gasteiger partial charge in [-0.15, -0.1) is 0 Å². The lowest BCUT2D eigenvalue weighted by Gasteiger charge is -2.13. The number of aliphatic hydroxyl groups excluding tert-OH is 1. The van der Waals surface area contributed by atoms with E-state index in [9.17, 15) is 5.11 Å². The molecular formula is C16H17ClO2. The van der Waals surface area contributed by atoms with Gasteiger partial charge in [-0.2, -0.15) is 0 Å². The molecule has 0 amide bonds. The lowest BCUT2D eigenvalue weighted by Crippen LogP contribution is -2.09. The van der Waals surface area contributed by atoms with Gasteiger partial charge in [0.25, 0.3) is 0 Å². The molecule has 1 unspecified atom stereocenters. The monoisotopic (exact) mass is 276 g/mol. The average Bonchev–Trinajstić information content (AvgIpc) is 2.47. The summed E-state index contributed by atoms with van der Waals surface area (Å²) in [6, 6.07) is 15.0. The van der Waals surface area contributed by atoms with Gasteiger partial charge in [0, 0.05) is 5.02 Å². The van der Waals surface area contributed by atoms with Crippen molar-refractivity contribution in [3.63, 3.8) is 0 Å². The van der Waals surface area contributed by atoms with Crippen LogP contribution in [0.1, 0.15) is 24.2 Å². The van der Waals surface area contributed by atoms with Crippen LogP contribution in [0, 0.1) is 0 Å². The van der Waals surface area contributed by atoms with Crippen LogP contribution in [-0.2, 0) is 6.42 Å². The lowest BCUT2D eigenvalue weighted by atomic mass is 10.1. The minimum Gasteiger partial charge on any atom is -0.491 e. The second-order valence-corrected chi connectivity index (χ2v) is 4.75. The zero-order valence-corrected chi connectivity index (χ0v) is 11.6. The van der Waals surface area contributed by atoms with Crippen molar-refractivity contribution in [1.82, 2.24) is 0 Å². The first kappa shape index (κ1) is 13.9. The van der Waals surface area contributed by atoms with E-state index >= 15 is 0 Å². The standard InChI is InChI=1S/C16H17ClO2/c1-2-12-10-14(8-9-15(12)17)19-11-16(18)13-6-4-3-5-7-13/h3-10,16,18H,2,11H2,1H3. The molecule has 1 atom stereocenters. The minimum atomic E-state index is -0.623. The maximum Gasteiger partial charge on any atom is 0.119 e. The summed E-state index contributed by atoms with van der Waals surface area (Å²) in [5, 5.41) is 10.8. The number of aryl methyl sites for hydroxylation is 1. The highest BCUT2D eigenvalue weighted by Crippen LogP contribution is 2.23. The summed E-state index contributed by atoms with van der Waals surface area (Å²) in [5.41, 5.74) is 1.90. The van der Waals surface area contributed by atoms with Gasteiger partial charge >= 0.3 is 0 Å². The van der Waals surface area contributed by atoms with E-state index < -0.39 is 6.10 Å². The maximum absolute atomic E-state index is 10.0. The third kappa shape index (κ3) is 3.72. The van der Waals surface area contributed by atoms with Gasteiger partial charge in [-0.1, -0.05) is 48.9 Å². The second kappa shape index (κ2) is 6.60. The first-order valence-electron chi connectivity index (χ1n) is 6.35. The molecule has 0 heterocycles. The van der Waals surface area contributed by atoms with Crippen LogP contribution < -0.4 is 4.74 Å². The van der Waals surface area contributed by atoms with Crippen LogP contribution in [0.25, 0.3) is 0 Å². The molecular weight excluding hydrogens is 260 g/mol. The molecule has 3 heteroatoms. The van der Waals surface area contributed by atoms with Crippen LogP contribution in [0.5, 0.6) is 5.75 Å². The lowest BCUT2D eigenvalue weighted by molar-refractivity contribution is 0.108. The van der Waals surface area contributed by atoms with E-state index in [0.717, 1.165) is 28.3 Å². The van der Waals surface area contributed by atoms with Crippen molar-refractivity contribution >= 4 is 11.6 Å². The topological polar surface area (TPSA) is 29.5 Å². The van der Waals surface area contributed by atoms with Crippen LogP contribution in [0.4, 0.5) is 0 Å². The molecule has 2 nitrogen and oxygen atoms in total. The molecule has 0 aromatic heterocycles. The zero-order valence-electron chi connectivity index (χ0n) is 10.8. The molecule has 2 rings (SSSR count). The molecule has 0 bridgehead atoms. The molecule has 0 saturated heterocycles. The van der Waals surface area contributed by atoms with E-state index in [1.54, 1.807) is 0 Å². The summed E-state index contributed by atoms with van der Waals surface area (Å²) in [5.74, 6) is 0.733. The van der Waals surface area contributed by atoms with Crippen molar-refractivity contribution in [2.45, 2.75) is 19.4 Å². The molecule has 2 aromatic rings. The highest BCUT2D eigenvalue weighted by atomic mass is 35.5. The van der Waals surface area contributed by atoms with Gasteiger partial charge in [0.2, 0.25) is 0 Å². The minimum absolute atomic E-state index is 0.231. The number of rotatable bonds is 5. The first-order valence-corrected chi connectivity index (χ1v) is 6.72. The van der Waals surface area contributed by atoms with E-state index in [-0.39, 0.29) is 6.61 Å². The van der Waals surface area contributed by atoms with Gasteiger partial charge in [0.1, 0.15) is 18.5 Å². The van der Waals surface area contributed by atoms with Crippen LogP contribution in [0.15, 0.2) is 48.5 Å². The zero-order chi connectivity index (χ0) is 13.7. The molecule has 0 aliphatic rings. The second-order valence-electron chi connectivity index (χ2n) is 4.34. The van der Waals surface area contributed by atoms with Crippen molar-refractivity contribution in [2.75, 3.05) is 6.61 Å². The van der Waals surface area contributed by atoms with Gasteiger partial charge in [-0.05, 0) is 35.7 Å². The Morgan fingerprint density at radius 3 is 2.58 bits per heavy atom. The quantitative estimate of drug-likeness (QED) is 0.894. The van der Waals surface area contributed by atoms with Crippen LogP contribution in [0.2, 0.25) is 5.02 Å². The fraction of sp³-hybridized carbons (Fsp3) is 0.250. The number of aliphatic hydroxyl groups is 1. The highest BCUT2D eigenvalue weighted by molar-refractivity contribution is 6.31. The molecule has 1 N–H and O–H groups in total. The van der Waals surface area contributed by atoms with Crippen molar-refractivity contribution in [1.29, 1.82) is 0 Å². The molecule has 100 valence electrons. The first-order chi connectivity index (χ1) is 9.20. The number of halogens is 1. The molecule has 0 radical (unpaired) electrons. The fourth-order valence-electron chi connectivity index (χ4n) is 1.86. The number of hydrogen-bond acceptors (Lipinski definition) is 2. The van der Waals surface area contributed by atoms with E-state index in [1.165, 1.54) is 0 Å². The Labute approximate surface area is 118 Å². The Morgan fingerprint density at radius 2 is 1.89 bits per heavy atom. The number of ether oxygens (including phenoxy) is 1. The normalized spacial score (nSPS) is 12.2. The molecule has 19 heavy (non-hydrogen) atoms. The third-order valence-corrected chi connectivity index (χ3v) is 3.36. The number of benzene rings is 2. The van der Waals surface area contributed by atoms with E-state index in [1.807, 2.05) is 55.5 Å². The molecule has 0 saturated carbocycles. The van der Waals surface area contributed by atoms with Crippen LogP contribution >= 0.6 is 11.6 Å². The van der Waals surface area contributed by atoms with E-state index in [4.69, 9.17) is 16.3 Å². The van der Waals surface area contributed by atoms with Crippen molar-refractivity contribution in [3.8, 4) is 5.75 Å². The van der Waals surface area contributed by atoms with Crippen LogP contribution in [-0.4, -0.2) is 11.7 Å². The number of hydrogen-bond donors (Lipinski definition) is 1. The highest BCUT2D eigenvalue weighted by Gasteiger charge is 2.08. The Bertz CT molecular complexity index is 526. The Hall–Kier alpha value is -1.51. The molecule has 0 fully saturated rings. The molecule has 2 aromatic carbocycles.